The number of aromatic amines is 1. The van der Waals surface area contributed by atoms with Crippen molar-refractivity contribution in [1.82, 2.24) is 9.97 Å². The molecule has 5 heteroatoms. The van der Waals surface area contributed by atoms with Gasteiger partial charge in [0, 0.05) is 10.0 Å². The van der Waals surface area contributed by atoms with Crippen LogP contribution in [-0.4, -0.2) is 9.97 Å². The number of halogens is 1. The maximum Gasteiger partial charge on any atom is 0.256 e. The summed E-state index contributed by atoms with van der Waals surface area (Å²) in [5, 5.41) is 0. The molecule has 0 radical (unpaired) electrons. The number of anilines is 1. The number of hydrogen-bond acceptors (Lipinski definition) is 3. The third kappa shape index (κ3) is 2.61. The molecule has 0 atom stereocenters. The normalized spacial score (nSPS) is 10.6. The molecule has 4 nitrogen and oxygen atoms in total. The Morgan fingerprint density at radius 3 is 2.83 bits per heavy atom. The van der Waals surface area contributed by atoms with E-state index in [1.165, 1.54) is 0 Å². The molecule has 2 rings (SSSR count). The van der Waals surface area contributed by atoms with Crippen LogP contribution in [0.15, 0.2) is 33.5 Å². The van der Waals surface area contributed by atoms with Crippen LogP contribution >= 0.6 is 15.9 Å². The molecule has 0 aliphatic heterocycles. The van der Waals surface area contributed by atoms with E-state index >= 15 is 0 Å². The summed E-state index contributed by atoms with van der Waals surface area (Å²) in [6.07, 6.45) is 1.51. The Labute approximate surface area is 113 Å². The van der Waals surface area contributed by atoms with Crippen LogP contribution in [0.25, 0.3) is 11.4 Å². The summed E-state index contributed by atoms with van der Waals surface area (Å²) in [5.41, 5.74) is 7.08. The molecule has 0 saturated heterocycles. The molecule has 0 spiro atoms. The van der Waals surface area contributed by atoms with Gasteiger partial charge in [0.1, 0.15) is 11.6 Å². The second kappa shape index (κ2) is 5.35. The van der Waals surface area contributed by atoms with Crippen molar-refractivity contribution in [3.8, 4) is 11.4 Å². The van der Waals surface area contributed by atoms with Crippen LogP contribution < -0.4 is 11.3 Å². The van der Waals surface area contributed by atoms with Crippen molar-refractivity contribution >= 4 is 21.7 Å². The molecule has 0 fully saturated rings. The Hall–Kier alpha value is -1.62. The molecule has 1 aromatic heterocycles. The fourth-order valence-electron chi connectivity index (χ4n) is 1.78. The highest BCUT2D eigenvalue weighted by Crippen LogP contribution is 2.20. The molecule has 1 heterocycles. The lowest BCUT2D eigenvalue weighted by Crippen LogP contribution is -2.18. The van der Waals surface area contributed by atoms with Crippen molar-refractivity contribution in [2.24, 2.45) is 0 Å². The van der Waals surface area contributed by atoms with Crippen LogP contribution in [0.1, 0.15) is 18.9 Å². The number of H-pyrrole nitrogens is 1. The van der Waals surface area contributed by atoms with Gasteiger partial charge in [0.2, 0.25) is 0 Å². The van der Waals surface area contributed by atoms with Gasteiger partial charge in [-0.2, -0.15) is 0 Å². The molecule has 0 amide bonds. The van der Waals surface area contributed by atoms with Crippen LogP contribution in [0, 0.1) is 0 Å². The van der Waals surface area contributed by atoms with E-state index in [-0.39, 0.29) is 5.56 Å². The van der Waals surface area contributed by atoms with Crippen molar-refractivity contribution in [3.05, 3.63) is 44.7 Å². The van der Waals surface area contributed by atoms with Gasteiger partial charge in [-0.1, -0.05) is 41.4 Å². The van der Waals surface area contributed by atoms with Gasteiger partial charge in [-0.05, 0) is 18.6 Å². The lowest BCUT2D eigenvalue weighted by Gasteiger charge is -2.06. The van der Waals surface area contributed by atoms with Gasteiger partial charge < -0.3 is 10.7 Å². The molecule has 1 aromatic carbocycles. The smallest absolute Gasteiger partial charge is 0.256 e. The Morgan fingerprint density at radius 2 is 2.22 bits per heavy atom. The number of nitrogen functional groups attached to an aromatic ring is 1. The predicted octanol–water partition coefficient (Wildman–Crippen LogP) is 2.73. The third-order valence-electron chi connectivity index (χ3n) is 2.65. The number of rotatable bonds is 3. The van der Waals surface area contributed by atoms with Crippen LogP contribution in [0.2, 0.25) is 0 Å². The average molecular weight is 308 g/mol. The molecular formula is C13H14BrN3O. The summed E-state index contributed by atoms with van der Waals surface area (Å²) in [6.45, 7) is 2.00. The zero-order valence-corrected chi connectivity index (χ0v) is 11.6. The van der Waals surface area contributed by atoms with E-state index in [4.69, 9.17) is 5.73 Å². The molecule has 0 bridgehead atoms. The van der Waals surface area contributed by atoms with Crippen molar-refractivity contribution in [1.29, 1.82) is 0 Å². The van der Waals surface area contributed by atoms with E-state index < -0.39 is 0 Å². The standard InChI is InChI=1S/C13H14BrN3O/c1-2-4-10-11(15)16-12(17-13(10)18)8-5-3-6-9(14)7-8/h3,5-7H,2,4H2,1H3,(H3,15,16,17,18). The van der Waals surface area contributed by atoms with Gasteiger partial charge >= 0.3 is 0 Å². The van der Waals surface area contributed by atoms with Gasteiger partial charge in [-0.3, -0.25) is 4.79 Å². The predicted molar refractivity (Wildman–Crippen MR) is 76.4 cm³/mol. The zero-order valence-electron chi connectivity index (χ0n) is 10.0. The maximum atomic E-state index is 11.9. The summed E-state index contributed by atoms with van der Waals surface area (Å²) in [4.78, 5) is 19.0. The monoisotopic (exact) mass is 307 g/mol. The van der Waals surface area contributed by atoms with Crippen molar-refractivity contribution in [3.63, 3.8) is 0 Å². The van der Waals surface area contributed by atoms with Crippen molar-refractivity contribution < 1.29 is 0 Å². The first-order valence-electron chi connectivity index (χ1n) is 5.76. The van der Waals surface area contributed by atoms with E-state index in [2.05, 4.69) is 25.9 Å². The molecule has 2 aromatic rings. The Morgan fingerprint density at radius 1 is 1.44 bits per heavy atom. The quantitative estimate of drug-likeness (QED) is 0.916. The molecule has 0 aliphatic carbocycles. The van der Waals surface area contributed by atoms with E-state index in [9.17, 15) is 4.79 Å². The van der Waals surface area contributed by atoms with Gasteiger partial charge in [-0.25, -0.2) is 4.98 Å². The Bertz CT molecular complexity index is 622. The second-order valence-electron chi connectivity index (χ2n) is 4.04. The third-order valence-corrected chi connectivity index (χ3v) is 3.14. The highest BCUT2D eigenvalue weighted by atomic mass is 79.9. The highest BCUT2D eigenvalue weighted by molar-refractivity contribution is 9.10. The lowest BCUT2D eigenvalue weighted by molar-refractivity contribution is 0.892. The number of nitrogens with two attached hydrogens (primary N) is 1. The van der Waals surface area contributed by atoms with E-state index in [0.29, 0.717) is 23.6 Å². The van der Waals surface area contributed by atoms with Crippen LogP contribution in [-0.2, 0) is 6.42 Å². The van der Waals surface area contributed by atoms with Crippen LogP contribution in [0.4, 0.5) is 5.82 Å². The molecule has 0 saturated carbocycles. The summed E-state index contributed by atoms with van der Waals surface area (Å²) >= 11 is 3.38. The van der Waals surface area contributed by atoms with Gasteiger partial charge in [0.25, 0.3) is 5.56 Å². The Balaban J connectivity index is 2.51. The largest absolute Gasteiger partial charge is 0.383 e. The average Bonchev–Trinajstić information content (AvgIpc) is 2.33. The summed E-state index contributed by atoms with van der Waals surface area (Å²) < 4.78 is 0.929. The fourth-order valence-corrected chi connectivity index (χ4v) is 2.18. The second-order valence-corrected chi connectivity index (χ2v) is 4.95. The number of benzene rings is 1. The van der Waals surface area contributed by atoms with E-state index in [1.54, 1.807) is 0 Å². The minimum absolute atomic E-state index is 0.153. The van der Waals surface area contributed by atoms with Gasteiger partial charge in [-0.15, -0.1) is 0 Å². The first-order valence-corrected chi connectivity index (χ1v) is 6.55. The van der Waals surface area contributed by atoms with Crippen LogP contribution in [0.3, 0.4) is 0 Å². The highest BCUT2D eigenvalue weighted by Gasteiger charge is 2.09. The SMILES string of the molecule is CCCc1c(N)nc(-c2cccc(Br)c2)[nH]c1=O. The summed E-state index contributed by atoms with van der Waals surface area (Å²) in [7, 11) is 0. The van der Waals surface area contributed by atoms with Crippen LogP contribution in [0.5, 0.6) is 0 Å². The molecular weight excluding hydrogens is 294 g/mol. The number of nitrogens with one attached hydrogen (secondary N) is 1. The topological polar surface area (TPSA) is 71.8 Å². The number of hydrogen-bond donors (Lipinski definition) is 2. The number of nitrogens with zero attached hydrogens (tertiary/aromatic N) is 1. The molecule has 3 N–H and O–H groups in total. The van der Waals surface area contributed by atoms with E-state index in [1.807, 2.05) is 31.2 Å². The maximum absolute atomic E-state index is 11.9. The molecule has 0 unspecified atom stereocenters. The minimum atomic E-state index is -0.153. The Kier molecular flexibility index (Phi) is 3.81. The fraction of sp³-hybridized carbons (Fsp3) is 0.231. The number of aromatic nitrogens is 2. The van der Waals surface area contributed by atoms with Crippen molar-refractivity contribution in [2.45, 2.75) is 19.8 Å². The summed E-state index contributed by atoms with van der Waals surface area (Å²) in [5.74, 6) is 0.814. The zero-order chi connectivity index (χ0) is 13.1. The molecule has 94 valence electrons. The van der Waals surface area contributed by atoms with Gasteiger partial charge in [0.15, 0.2) is 0 Å². The summed E-state index contributed by atoms with van der Waals surface area (Å²) in [6, 6.07) is 7.56. The molecule has 0 aliphatic rings. The first kappa shape index (κ1) is 12.8. The molecule has 18 heavy (non-hydrogen) atoms. The lowest BCUT2D eigenvalue weighted by atomic mass is 10.1. The van der Waals surface area contributed by atoms with Gasteiger partial charge in [0.05, 0.1) is 5.56 Å². The minimum Gasteiger partial charge on any atom is -0.383 e. The first-order chi connectivity index (χ1) is 8.61. The van der Waals surface area contributed by atoms with Crippen molar-refractivity contribution in [2.75, 3.05) is 5.73 Å². The van der Waals surface area contributed by atoms with E-state index in [0.717, 1.165) is 16.5 Å².